The van der Waals surface area contributed by atoms with Gasteiger partial charge in [-0.15, -0.1) is 0 Å². The average molecular weight is 1020 g/mol. The molecule has 19 nitrogen and oxygen atoms in total. The molecule has 18 atom stereocenters. The van der Waals surface area contributed by atoms with Gasteiger partial charge in [0.25, 0.3) is 0 Å². The van der Waals surface area contributed by atoms with Gasteiger partial charge in [-0.2, -0.15) is 0 Å². The first-order valence-corrected chi connectivity index (χ1v) is 25.8. The van der Waals surface area contributed by atoms with Gasteiger partial charge in [-0.3, -0.25) is 14.4 Å². The predicted octanol–water partition coefficient (Wildman–Crippen LogP) is 5.06. The summed E-state index contributed by atoms with van der Waals surface area (Å²) >= 11 is 0. The van der Waals surface area contributed by atoms with Crippen LogP contribution in [-0.4, -0.2) is 170 Å². The van der Waals surface area contributed by atoms with Gasteiger partial charge in [0.2, 0.25) is 5.91 Å². The highest BCUT2D eigenvalue weighted by molar-refractivity contribution is 5.83. The van der Waals surface area contributed by atoms with E-state index in [0.29, 0.717) is 45.2 Å². The molecule has 2 amide bonds. The molecule has 3 saturated heterocycles. The molecule has 0 spiro atoms. The topological polar surface area (TPSA) is 239 Å². The summed E-state index contributed by atoms with van der Waals surface area (Å²) in [5.41, 5.74) is -3.53. The minimum absolute atomic E-state index is 0.0404. The van der Waals surface area contributed by atoms with Crippen LogP contribution in [-0.2, 0) is 58.8 Å². The smallest absolute Gasteiger partial charge is 0.407 e. The molecule has 0 aliphatic carbocycles. The second kappa shape index (κ2) is 26.8. The fourth-order valence-electron chi connectivity index (χ4n) is 10.8. The van der Waals surface area contributed by atoms with E-state index in [9.17, 15) is 34.5 Å². The Morgan fingerprint density at radius 3 is 2.07 bits per heavy atom. The lowest BCUT2D eigenvalue weighted by Gasteiger charge is -2.50. The van der Waals surface area contributed by atoms with Crippen molar-refractivity contribution in [1.29, 1.82) is 0 Å². The average Bonchev–Trinajstić information content (AvgIpc) is 3.34. The number of benzene rings is 1. The number of ether oxygens (including phenoxy) is 9. The zero-order valence-electron chi connectivity index (χ0n) is 45.6. The largest absolute Gasteiger partial charge is 0.497 e. The Hall–Kier alpha value is -3.50. The van der Waals surface area contributed by atoms with E-state index in [1.54, 1.807) is 55.6 Å². The van der Waals surface area contributed by atoms with Crippen LogP contribution < -0.4 is 15.4 Å². The first kappa shape index (κ1) is 61.1. The Labute approximate surface area is 427 Å². The number of nitrogens with one attached hydrogen (secondary N) is 2. The Bertz CT molecular complexity index is 1890. The van der Waals surface area contributed by atoms with E-state index in [1.807, 2.05) is 57.1 Å². The highest BCUT2D eigenvalue weighted by Crippen LogP contribution is 2.42. The molecule has 3 aliphatic heterocycles. The molecular formula is C53H89N3O16. The summed E-state index contributed by atoms with van der Waals surface area (Å²) in [6.07, 6.45) is -7.84. The maximum atomic E-state index is 14.5. The quantitative estimate of drug-likeness (QED) is 0.0954. The van der Waals surface area contributed by atoms with Crippen molar-refractivity contribution in [3.8, 4) is 5.75 Å². The van der Waals surface area contributed by atoms with Gasteiger partial charge < -0.3 is 73.5 Å². The van der Waals surface area contributed by atoms with E-state index in [4.69, 9.17) is 42.6 Å². The molecule has 0 aromatic heterocycles. The number of cyclic esters (lactones) is 1. The van der Waals surface area contributed by atoms with Crippen LogP contribution in [0.15, 0.2) is 24.3 Å². The number of aliphatic hydroxyl groups is 3. The molecule has 0 radical (unpaired) electrons. The molecule has 1 aromatic rings. The number of hydrogen-bond donors (Lipinski definition) is 5. The Morgan fingerprint density at radius 1 is 0.833 bits per heavy atom. The summed E-state index contributed by atoms with van der Waals surface area (Å²) in [5.74, 6) is -4.09. The lowest BCUT2D eigenvalue weighted by molar-refractivity contribution is -0.319. The van der Waals surface area contributed by atoms with Crippen LogP contribution in [0.1, 0.15) is 126 Å². The van der Waals surface area contributed by atoms with Crippen molar-refractivity contribution in [1.82, 2.24) is 15.5 Å². The number of alkyl carbamates (subject to hydrolysis) is 1. The van der Waals surface area contributed by atoms with Crippen molar-refractivity contribution in [2.24, 2.45) is 23.7 Å². The van der Waals surface area contributed by atoms with Gasteiger partial charge in [0.15, 0.2) is 18.7 Å². The number of aliphatic hydroxyl groups excluding tert-OH is 2. The number of carbonyl (C=O) groups is 4. The number of unbranched alkanes of at least 4 members (excludes halogenated alkanes) is 2. The second-order valence-corrected chi connectivity index (χ2v) is 21.4. The van der Waals surface area contributed by atoms with Gasteiger partial charge in [-0.1, -0.05) is 46.2 Å². The molecule has 3 aliphatic rings. The van der Waals surface area contributed by atoms with Gasteiger partial charge >= 0.3 is 12.1 Å². The van der Waals surface area contributed by atoms with Crippen molar-refractivity contribution in [2.45, 2.75) is 211 Å². The Morgan fingerprint density at radius 2 is 1.47 bits per heavy atom. The predicted molar refractivity (Wildman–Crippen MR) is 267 cm³/mol. The lowest BCUT2D eigenvalue weighted by atomic mass is 9.74. The number of amides is 2. The molecule has 1 aromatic carbocycles. The number of ketones is 1. The van der Waals surface area contributed by atoms with Gasteiger partial charge in [0.1, 0.15) is 34.9 Å². The molecule has 72 heavy (non-hydrogen) atoms. The molecule has 412 valence electrons. The third kappa shape index (κ3) is 15.3. The van der Waals surface area contributed by atoms with E-state index in [-0.39, 0.29) is 43.1 Å². The Balaban J connectivity index is 1.56. The van der Waals surface area contributed by atoms with Crippen LogP contribution in [0.25, 0.3) is 0 Å². The van der Waals surface area contributed by atoms with Crippen LogP contribution in [0, 0.1) is 23.7 Å². The number of rotatable bonds is 18. The Kier molecular flexibility index (Phi) is 22.7. The maximum Gasteiger partial charge on any atom is 0.407 e. The molecule has 5 N–H and O–H groups in total. The molecule has 0 saturated carbocycles. The number of nitrogens with zero attached hydrogens (tertiary/aromatic N) is 1. The van der Waals surface area contributed by atoms with Crippen molar-refractivity contribution in [3.05, 3.63) is 29.8 Å². The van der Waals surface area contributed by atoms with Crippen LogP contribution in [0.2, 0.25) is 0 Å². The van der Waals surface area contributed by atoms with Gasteiger partial charge in [-0.25, -0.2) is 4.79 Å². The minimum Gasteiger partial charge on any atom is -0.497 e. The first-order valence-electron chi connectivity index (χ1n) is 25.8. The third-order valence-corrected chi connectivity index (χ3v) is 15.5. The number of likely N-dealkylation sites (N-methyl/N-ethyl adjacent to an activating group) is 1. The van der Waals surface area contributed by atoms with Crippen LogP contribution >= 0.6 is 0 Å². The van der Waals surface area contributed by atoms with Crippen LogP contribution in [0.4, 0.5) is 4.79 Å². The summed E-state index contributed by atoms with van der Waals surface area (Å²) in [7, 11) is 8.34. The van der Waals surface area contributed by atoms with E-state index in [1.165, 1.54) is 21.1 Å². The zero-order chi connectivity index (χ0) is 53.9. The number of carbonyl (C=O) groups excluding carboxylic acids is 4. The highest BCUT2D eigenvalue weighted by Gasteiger charge is 2.55. The second-order valence-electron chi connectivity index (χ2n) is 21.4. The minimum atomic E-state index is -2.02. The van der Waals surface area contributed by atoms with E-state index in [0.717, 1.165) is 11.3 Å². The van der Waals surface area contributed by atoms with E-state index >= 15 is 0 Å². The van der Waals surface area contributed by atoms with Crippen molar-refractivity contribution in [2.75, 3.05) is 42.0 Å². The summed E-state index contributed by atoms with van der Waals surface area (Å²) in [6, 6.07) is 7.16. The van der Waals surface area contributed by atoms with Crippen LogP contribution in [0.3, 0.4) is 0 Å². The van der Waals surface area contributed by atoms with Crippen molar-refractivity contribution >= 4 is 23.8 Å². The van der Waals surface area contributed by atoms with Gasteiger partial charge in [0.05, 0.1) is 49.1 Å². The number of Topliss-reactive ketones (excluding diaryl/α,β-unsaturated/α-hetero) is 1. The number of methoxy groups -OCH3 is 3. The standard InChI is InChI=1S/C53H89N3O16/c1-16-39-53(10,63)45(60)32(4)42(58)30(2)27-51(8,65-14)46(71-49-43(59)38(56(11)12)26-31(3)67-49)33(5)44(34(6)48(61)69-39)70-41-28-52(9,66-15)47(35(7)68-41)72-50(62)54-25-19-17-18-20-40(57)55-29-36-21-23-37(64-13)24-22-36/h21-24,30-35,38-39,41,43-47,49,59-60,63H,16-20,25-29H2,1-15H3,(H,54,62)(H,55,57)/t30-,31-,32+,33+,34-,35+,38+,39-,41+,43-,44+,45-,46-,47+,49+,51-,52-,53-/m1/s1. The van der Waals surface area contributed by atoms with E-state index < -0.39 is 108 Å². The SMILES string of the molecule is CC[C@H]1OC(=O)[C@H](C)[C@@H](O[C@H]2C[C@@](C)(OC)[C@@H](OC(=O)NCCCCCC(=O)NCc3ccc(OC)cc3)[C@H](C)O2)[C@H](C)[C@@H](O[C@@H]2O[C@H](C)C[C@H](N(C)C)[C@H]2O)[C@](C)(OC)C[C@@H](C)C(=O)[C@H](C)[C@@H](O)[C@]1(C)O. The number of hydrogen-bond acceptors (Lipinski definition) is 17. The van der Waals surface area contributed by atoms with Gasteiger partial charge in [-0.05, 0) is 105 Å². The zero-order valence-corrected chi connectivity index (χ0v) is 45.6. The first-order chi connectivity index (χ1) is 33.8. The third-order valence-electron chi connectivity index (χ3n) is 15.5. The summed E-state index contributed by atoms with van der Waals surface area (Å²) in [5, 5.41) is 40.9. The molecule has 19 heteroatoms. The maximum absolute atomic E-state index is 14.5. The summed E-state index contributed by atoms with van der Waals surface area (Å²) in [6.45, 7) is 17.7. The van der Waals surface area contributed by atoms with Crippen molar-refractivity contribution in [3.63, 3.8) is 0 Å². The normalized spacial score (nSPS) is 38.3. The fraction of sp³-hybridized carbons (Fsp3) is 0.811. The number of esters is 1. The molecular weight excluding hydrogens is 935 g/mol. The lowest BCUT2D eigenvalue weighted by Crippen LogP contribution is -2.62. The molecule has 3 heterocycles. The molecule has 3 fully saturated rings. The van der Waals surface area contributed by atoms with Gasteiger partial charge in [0, 0.05) is 63.9 Å². The summed E-state index contributed by atoms with van der Waals surface area (Å²) < 4.78 is 56.2. The molecule has 0 unspecified atom stereocenters. The monoisotopic (exact) mass is 1020 g/mol. The van der Waals surface area contributed by atoms with Crippen molar-refractivity contribution < 1.29 is 77.1 Å². The van der Waals surface area contributed by atoms with Crippen LogP contribution in [0.5, 0.6) is 5.75 Å². The molecule has 0 bridgehead atoms. The highest BCUT2D eigenvalue weighted by atomic mass is 16.7. The molecule has 4 rings (SSSR count). The summed E-state index contributed by atoms with van der Waals surface area (Å²) in [4.78, 5) is 56.3. The fourth-order valence-corrected chi connectivity index (χ4v) is 10.8. The van der Waals surface area contributed by atoms with E-state index in [2.05, 4.69) is 10.6 Å².